The number of aliphatic carboxylic acids is 1. The fraction of sp³-hybridized carbons (Fsp3) is 0.647. The van der Waals surface area contributed by atoms with Crippen molar-refractivity contribution in [2.45, 2.75) is 59.1 Å². The summed E-state index contributed by atoms with van der Waals surface area (Å²) < 4.78 is 5.35. The minimum atomic E-state index is -0.935. The van der Waals surface area contributed by atoms with Crippen molar-refractivity contribution >= 4 is 11.9 Å². The third kappa shape index (κ3) is 7.98. The molecule has 0 aromatic heterocycles. The Bertz CT molecular complexity index is 414. The van der Waals surface area contributed by atoms with Crippen LogP contribution in [0.1, 0.15) is 47.5 Å². The van der Waals surface area contributed by atoms with Gasteiger partial charge in [0, 0.05) is 29.8 Å². The van der Waals surface area contributed by atoms with Crippen molar-refractivity contribution in [2.24, 2.45) is 0 Å². The lowest BCUT2D eigenvalue weighted by Gasteiger charge is -2.40. The molecule has 0 aromatic rings. The first-order valence-corrected chi connectivity index (χ1v) is 7.45. The molecule has 0 bridgehead atoms. The van der Waals surface area contributed by atoms with Crippen LogP contribution in [0.5, 0.6) is 0 Å². The lowest BCUT2D eigenvalue weighted by atomic mass is 9.99. The number of carbonyl (C=O) groups is 2. The summed E-state index contributed by atoms with van der Waals surface area (Å²) in [6.07, 6.45) is 1.93. The first-order valence-electron chi connectivity index (χ1n) is 7.45. The van der Waals surface area contributed by atoms with Gasteiger partial charge in [-0.2, -0.15) is 0 Å². The highest BCUT2D eigenvalue weighted by atomic mass is 16.5. The molecular weight excluding hydrogens is 282 g/mol. The van der Waals surface area contributed by atoms with Gasteiger partial charge >= 0.3 is 11.9 Å². The number of carboxylic acid groups (broad SMARTS) is 1. The number of hydrogen-bond donors (Lipinski definition) is 1. The molecule has 0 atom stereocenters. The Labute approximate surface area is 133 Å². The molecule has 1 N–H and O–H groups in total. The maximum Gasteiger partial charge on any atom is 0.333 e. The summed E-state index contributed by atoms with van der Waals surface area (Å²) >= 11 is 0. The van der Waals surface area contributed by atoms with Crippen LogP contribution in [-0.2, 0) is 14.3 Å². The maximum atomic E-state index is 11.4. The Morgan fingerprint density at radius 2 is 1.50 bits per heavy atom. The zero-order valence-electron chi connectivity index (χ0n) is 14.4. The summed E-state index contributed by atoms with van der Waals surface area (Å²) in [5.74, 6) is -1.19. The molecule has 0 spiro atoms. The molecule has 1 fully saturated rings. The molecule has 0 unspecified atom stereocenters. The van der Waals surface area contributed by atoms with E-state index < -0.39 is 5.97 Å². The first-order chi connectivity index (χ1) is 9.95. The van der Waals surface area contributed by atoms with Gasteiger partial charge in [0.1, 0.15) is 6.10 Å². The number of likely N-dealkylation sites (tertiary alicyclic amines) is 1. The fourth-order valence-electron chi connectivity index (χ4n) is 1.90. The molecule has 5 heteroatoms. The molecule has 0 aromatic carbocycles. The van der Waals surface area contributed by atoms with E-state index in [0.717, 1.165) is 25.9 Å². The van der Waals surface area contributed by atoms with Crippen LogP contribution in [0.4, 0.5) is 0 Å². The highest BCUT2D eigenvalue weighted by Gasteiger charge is 2.28. The number of rotatable bonds is 3. The third-order valence-electron chi connectivity index (χ3n) is 3.38. The summed E-state index contributed by atoms with van der Waals surface area (Å²) in [5.41, 5.74) is 0.872. The van der Waals surface area contributed by atoms with E-state index in [4.69, 9.17) is 9.84 Å². The highest BCUT2D eigenvalue weighted by Crippen LogP contribution is 2.22. The van der Waals surface area contributed by atoms with Crippen LogP contribution >= 0.6 is 0 Å². The van der Waals surface area contributed by atoms with Crippen LogP contribution in [0.2, 0.25) is 0 Å². The largest absolute Gasteiger partial charge is 0.478 e. The number of nitrogens with zero attached hydrogens (tertiary/aromatic N) is 1. The number of carboxylic acids is 1. The number of ether oxygens (including phenoxy) is 1. The fourth-order valence-corrected chi connectivity index (χ4v) is 1.90. The van der Waals surface area contributed by atoms with Crippen molar-refractivity contribution in [3.05, 3.63) is 24.3 Å². The zero-order valence-corrected chi connectivity index (χ0v) is 14.4. The van der Waals surface area contributed by atoms with E-state index in [9.17, 15) is 9.59 Å². The van der Waals surface area contributed by atoms with Crippen molar-refractivity contribution in [2.75, 3.05) is 13.1 Å². The van der Waals surface area contributed by atoms with Crippen LogP contribution in [0, 0.1) is 0 Å². The molecule has 0 amide bonds. The van der Waals surface area contributed by atoms with Crippen LogP contribution in [-0.4, -0.2) is 46.7 Å². The van der Waals surface area contributed by atoms with Gasteiger partial charge in [-0.1, -0.05) is 13.2 Å². The predicted molar refractivity (Wildman–Crippen MR) is 87.7 cm³/mol. The summed E-state index contributed by atoms with van der Waals surface area (Å²) in [5, 5.41) is 7.89. The van der Waals surface area contributed by atoms with Gasteiger partial charge in [0.05, 0.1) is 0 Å². The van der Waals surface area contributed by atoms with Gasteiger partial charge in [-0.25, -0.2) is 9.59 Å². The lowest BCUT2D eigenvalue weighted by Crippen LogP contribution is -2.47. The summed E-state index contributed by atoms with van der Waals surface area (Å²) in [7, 11) is 0. The van der Waals surface area contributed by atoms with E-state index in [1.807, 2.05) is 0 Å². The quantitative estimate of drug-likeness (QED) is 0.641. The van der Waals surface area contributed by atoms with Crippen molar-refractivity contribution in [1.82, 2.24) is 4.90 Å². The van der Waals surface area contributed by atoms with Gasteiger partial charge in [-0.3, -0.25) is 4.90 Å². The van der Waals surface area contributed by atoms with Crippen molar-refractivity contribution < 1.29 is 19.4 Å². The second-order valence-electron chi connectivity index (χ2n) is 6.63. The Kier molecular flexibility index (Phi) is 8.09. The molecule has 1 heterocycles. The average Bonchev–Trinajstić information content (AvgIpc) is 2.38. The zero-order chi connectivity index (χ0) is 17.5. The second kappa shape index (κ2) is 8.73. The van der Waals surface area contributed by atoms with Crippen LogP contribution in [0.3, 0.4) is 0 Å². The summed E-state index contributed by atoms with van der Waals surface area (Å²) in [6.45, 7) is 18.5. The van der Waals surface area contributed by atoms with E-state index in [1.54, 1.807) is 6.92 Å². The Hall–Kier alpha value is -1.62. The van der Waals surface area contributed by atoms with Gasteiger partial charge < -0.3 is 9.84 Å². The van der Waals surface area contributed by atoms with Gasteiger partial charge in [-0.05, 0) is 47.5 Å². The van der Waals surface area contributed by atoms with E-state index in [0.29, 0.717) is 5.57 Å². The number of piperidine rings is 1. The van der Waals surface area contributed by atoms with E-state index in [1.165, 1.54) is 6.92 Å². The number of esters is 1. The Morgan fingerprint density at radius 1 is 1.09 bits per heavy atom. The monoisotopic (exact) mass is 311 g/mol. The molecule has 1 rings (SSSR count). The SMILES string of the molecule is C=C(C)C(=O)O.C=C(C)C(=O)OC1CCN(C(C)(C)C)CC1. The van der Waals surface area contributed by atoms with E-state index in [-0.39, 0.29) is 23.2 Å². The standard InChI is InChI=1S/C13H23NO2.C4H6O2/c1-10(2)12(15)16-11-6-8-14(9-7-11)13(3,4)5;1-3(2)4(5)6/h11H,1,6-9H2,2-5H3;1H2,2H3,(H,5,6). The van der Waals surface area contributed by atoms with Gasteiger partial charge in [-0.15, -0.1) is 0 Å². The van der Waals surface area contributed by atoms with Crippen LogP contribution in [0.15, 0.2) is 24.3 Å². The smallest absolute Gasteiger partial charge is 0.333 e. The second-order valence-corrected chi connectivity index (χ2v) is 6.63. The topological polar surface area (TPSA) is 66.8 Å². The van der Waals surface area contributed by atoms with Gasteiger partial charge in [0.15, 0.2) is 0 Å². The summed E-state index contributed by atoms with van der Waals surface area (Å²) in [4.78, 5) is 23.4. The molecule has 1 saturated heterocycles. The molecule has 126 valence electrons. The number of carbonyl (C=O) groups excluding carboxylic acids is 1. The van der Waals surface area contributed by atoms with Crippen LogP contribution < -0.4 is 0 Å². The van der Waals surface area contributed by atoms with Gasteiger partial charge in [0.25, 0.3) is 0 Å². The highest BCUT2D eigenvalue weighted by molar-refractivity contribution is 5.87. The van der Waals surface area contributed by atoms with E-state index >= 15 is 0 Å². The maximum absolute atomic E-state index is 11.4. The molecule has 1 aliphatic rings. The Balaban J connectivity index is 0.000000626. The molecular formula is C17H29NO4. The molecule has 0 aliphatic carbocycles. The summed E-state index contributed by atoms with van der Waals surface area (Å²) in [6, 6.07) is 0. The van der Waals surface area contributed by atoms with Crippen molar-refractivity contribution in [3.8, 4) is 0 Å². The minimum Gasteiger partial charge on any atom is -0.478 e. The third-order valence-corrected chi connectivity index (χ3v) is 3.38. The molecule has 5 nitrogen and oxygen atoms in total. The molecule has 0 saturated carbocycles. The number of hydrogen-bond acceptors (Lipinski definition) is 4. The Morgan fingerprint density at radius 3 is 1.77 bits per heavy atom. The average molecular weight is 311 g/mol. The van der Waals surface area contributed by atoms with Crippen LogP contribution in [0.25, 0.3) is 0 Å². The minimum absolute atomic E-state index is 0.0720. The van der Waals surface area contributed by atoms with Gasteiger partial charge in [0.2, 0.25) is 0 Å². The lowest BCUT2D eigenvalue weighted by molar-refractivity contribution is -0.146. The molecule has 0 radical (unpaired) electrons. The normalized spacial score (nSPS) is 16.2. The first kappa shape index (κ1) is 20.4. The van der Waals surface area contributed by atoms with Crippen molar-refractivity contribution in [3.63, 3.8) is 0 Å². The molecule has 1 aliphatic heterocycles. The van der Waals surface area contributed by atoms with Crippen molar-refractivity contribution in [1.29, 1.82) is 0 Å². The molecule has 22 heavy (non-hydrogen) atoms. The van der Waals surface area contributed by atoms with E-state index in [2.05, 4.69) is 38.8 Å². The predicted octanol–water partition coefficient (Wildman–Crippen LogP) is 3.02.